The molecule has 1 N–H and O–H groups in total. The number of methoxy groups -OCH3 is 1. The van der Waals surface area contributed by atoms with Gasteiger partial charge in [-0.3, -0.25) is 4.79 Å². The van der Waals surface area contributed by atoms with Crippen molar-refractivity contribution in [1.82, 2.24) is 5.32 Å². The standard InChI is InChI=1S/C17H11Cl2NO2S2/c1-22-14-5-2-9(7-15-16(21)20-17(23)24-15)6-12(14)11-4-3-10(18)8-13(11)19/h2-8H,1H3,(H,20,21,23). The van der Waals surface area contributed by atoms with Crippen molar-refractivity contribution >= 4 is 63.5 Å². The van der Waals surface area contributed by atoms with E-state index in [9.17, 15) is 4.79 Å². The van der Waals surface area contributed by atoms with Crippen LogP contribution in [0.25, 0.3) is 17.2 Å². The van der Waals surface area contributed by atoms with Gasteiger partial charge in [-0.25, -0.2) is 0 Å². The number of hydrogen-bond donors (Lipinski definition) is 1. The molecule has 7 heteroatoms. The lowest BCUT2D eigenvalue weighted by Gasteiger charge is -2.11. The molecule has 1 heterocycles. The molecule has 0 saturated carbocycles. The Morgan fingerprint density at radius 1 is 1.17 bits per heavy atom. The van der Waals surface area contributed by atoms with Crippen LogP contribution in [-0.4, -0.2) is 17.3 Å². The van der Waals surface area contributed by atoms with Gasteiger partial charge in [-0.05, 0) is 35.9 Å². The molecule has 1 saturated heterocycles. The van der Waals surface area contributed by atoms with Crippen LogP contribution in [0.1, 0.15) is 5.56 Å². The third-order valence-electron chi connectivity index (χ3n) is 3.38. The van der Waals surface area contributed by atoms with Crippen molar-refractivity contribution in [3.8, 4) is 16.9 Å². The molecule has 1 fully saturated rings. The van der Waals surface area contributed by atoms with Crippen LogP contribution in [0.2, 0.25) is 10.0 Å². The Bertz CT molecular complexity index is 881. The first kappa shape index (κ1) is 17.3. The number of thioether (sulfide) groups is 1. The number of hydrogen-bond acceptors (Lipinski definition) is 4. The van der Waals surface area contributed by atoms with Crippen LogP contribution in [0.4, 0.5) is 0 Å². The van der Waals surface area contributed by atoms with E-state index in [1.165, 1.54) is 11.8 Å². The van der Waals surface area contributed by atoms with E-state index < -0.39 is 0 Å². The molecule has 0 aliphatic carbocycles. The number of carbonyl (C=O) groups excluding carboxylic acids is 1. The van der Waals surface area contributed by atoms with Crippen LogP contribution >= 0.6 is 47.2 Å². The van der Waals surface area contributed by atoms with Gasteiger partial charge < -0.3 is 10.1 Å². The third-order valence-corrected chi connectivity index (χ3v) is 5.10. The van der Waals surface area contributed by atoms with Crippen molar-refractivity contribution in [3.05, 3.63) is 56.9 Å². The molecule has 0 spiro atoms. The van der Waals surface area contributed by atoms with Gasteiger partial charge in [-0.1, -0.05) is 59.3 Å². The molecular weight excluding hydrogens is 385 g/mol. The maximum absolute atomic E-state index is 11.8. The molecule has 2 aromatic carbocycles. The zero-order chi connectivity index (χ0) is 17.3. The van der Waals surface area contributed by atoms with Crippen molar-refractivity contribution in [1.29, 1.82) is 0 Å². The van der Waals surface area contributed by atoms with E-state index in [1.807, 2.05) is 24.3 Å². The van der Waals surface area contributed by atoms with Gasteiger partial charge in [-0.15, -0.1) is 0 Å². The Morgan fingerprint density at radius 2 is 1.96 bits per heavy atom. The normalized spacial score (nSPS) is 15.7. The number of carbonyl (C=O) groups is 1. The number of rotatable bonds is 3. The van der Waals surface area contributed by atoms with Crippen LogP contribution in [0.3, 0.4) is 0 Å². The van der Waals surface area contributed by atoms with E-state index in [0.717, 1.165) is 16.7 Å². The molecule has 1 amide bonds. The molecule has 0 unspecified atom stereocenters. The molecule has 1 aliphatic rings. The average Bonchev–Trinajstić information content (AvgIpc) is 2.85. The van der Waals surface area contributed by atoms with Gasteiger partial charge in [0, 0.05) is 16.1 Å². The minimum atomic E-state index is -0.188. The van der Waals surface area contributed by atoms with Crippen LogP contribution in [-0.2, 0) is 4.79 Å². The number of halogens is 2. The Kier molecular flexibility index (Phi) is 5.15. The van der Waals surface area contributed by atoms with Crippen molar-refractivity contribution in [2.45, 2.75) is 0 Å². The first-order valence-electron chi connectivity index (χ1n) is 6.86. The maximum atomic E-state index is 11.8. The molecule has 0 aromatic heterocycles. The number of thiocarbonyl (C=S) groups is 1. The molecule has 0 bridgehead atoms. The number of amides is 1. The molecule has 122 valence electrons. The Labute approximate surface area is 159 Å². The lowest BCUT2D eigenvalue weighted by atomic mass is 10.0. The molecule has 24 heavy (non-hydrogen) atoms. The van der Waals surface area contributed by atoms with Crippen molar-refractivity contribution in [3.63, 3.8) is 0 Å². The summed E-state index contributed by atoms with van der Waals surface area (Å²) in [7, 11) is 1.60. The van der Waals surface area contributed by atoms with E-state index in [0.29, 0.717) is 25.0 Å². The fraction of sp³-hybridized carbons (Fsp3) is 0.0588. The largest absolute Gasteiger partial charge is 0.496 e. The monoisotopic (exact) mass is 395 g/mol. The summed E-state index contributed by atoms with van der Waals surface area (Å²) >= 11 is 18.5. The summed E-state index contributed by atoms with van der Waals surface area (Å²) in [6.07, 6.45) is 1.78. The highest BCUT2D eigenvalue weighted by atomic mass is 35.5. The SMILES string of the molecule is COc1ccc(C=C2SC(=S)NC2=O)cc1-c1ccc(Cl)cc1Cl. The van der Waals surface area contributed by atoms with Crippen molar-refractivity contribution in [2.75, 3.05) is 7.11 Å². The van der Waals surface area contributed by atoms with Gasteiger partial charge in [0.25, 0.3) is 5.91 Å². The van der Waals surface area contributed by atoms with E-state index >= 15 is 0 Å². The highest BCUT2D eigenvalue weighted by Gasteiger charge is 2.22. The Hall–Kier alpha value is -1.53. The molecule has 3 nitrogen and oxygen atoms in total. The first-order valence-corrected chi connectivity index (χ1v) is 8.84. The summed E-state index contributed by atoms with van der Waals surface area (Å²) in [5.41, 5.74) is 2.47. The predicted molar refractivity (Wildman–Crippen MR) is 105 cm³/mol. The van der Waals surface area contributed by atoms with E-state index in [4.69, 9.17) is 40.2 Å². The molecular formula is C17H11Cl2NO2S2. The zero-order valence-electron chi connectivity index (χ0n) is 12.4. The second kappa shape index (κ2) is 7.15. The van der Waals surface area contributed by atoms with Gasteiger partial charge in [0.2, 0.25) is 0 Å². The summed E-state index contributed by atoms with van der Waals surface area (Å²) in [4.78, 5) is 12.4. The summed E-state index contributed by atoms with van der Waals surface area (Å²) in [6, 6.07) is 10.9. The second-order valence-corrected chi connectivity index (χ2v) is 7.50. The van der Waals surface area contributed by atoms with Gasteiger partial charge in [0.1, 0.15) is 10.1 Å². The number of ether oxygens (including phenoxy) is 1. The average molecular weight is 396 g/mol. The van der Waals surface area contributed by atoms with Gasteiger partial charge in [0.05, 0.1) is 17.0 Å². The highest BCUT2D eigenvalue weighted by Crippen LogP contribution is 2.37. The second-order valence-electron chi connectivity index (χ2n) is 4.94. The van der Waals surface area contributed by atoms with Crippen LogP contribution in [0.5, 0.6) is 5.75 Å². The Balaban J connectivity index is 2.08. The topological polar surface area (TPSA) is 38.3 Å². The smallest absolute Gasteiger partial charge is 0.263 e. The number of benzene rings is 2. The summed E-state index contributed by atoms with van der Waals surface area (Å²) < 4.78 is 5.89. The summed E-state index contributed by atoms with van der Waals surface area (Å²) in [5, 5.41) is 3.69. The van der Waals surface area contributed by atoms with Crippen molar-refractivity contribution < 1.29 is 9.53 Å². The fourth-order valence-corrected chi connectivity index (χ4v) is 3.86. The first-order chi connectivity index (χ1) is 11.5. The Morgan fingerprint density at radius 3 is 2.58 bits per heavy atom. The lowest BCUT2D eigenvalue weighted by molar-refractivity contribution is -0.115. The van der Waals surface area contributed by atoms with Gasteiger partial charge >= 0.3 is 0 Å². The quantitative estimate of drug-likeness (QED) is 0.575. The van der Waals surface area contributed by atoms with Crippen LogP contribution in [0, 0.1) is 0 Å². The molecule has 0 atom stereocenters. The van der Waals surface area contributed by atoms with Crippen molar-refractivity contribution in [2.24, 2.45) is 0 Å². The van der Waals surface area contributed by atoms with E-state index in [1.54, 1.807) is 25.3 Å². The predicted octanol–water partition coefficient (Wildman–Crippen LogP) is 5.16. The van der Waals surface area contributed by atoms with Gasteiger partial charge in [0.15, 0.2) is 0 Å². The summed E-state index contributed by atoms with van der Waals surface area (Å²) in [5.74, 6) is 0.493. The third kappa shape index (κ3) is 3.59. The van der Waals surface area contributed by atoms with E-state index in [-0.39, 0.29) is 5.91 Å². The highest BCUT2D eigenvalue weighted by molar-refractivity contribution is 8.26. The molecule has 1 aliphatic heterocycles. The van der Waals surface area contributed by atoms with Crippen LogP contribution < -0.4 is 10.1 Å². The minimum absolute atomic E-state index is 0.188. The van der Waals surface area contributed by atoms with E-state index in [2.05, 4.69) is 5.32 Å². The lowest BCUT2D eigenvalue weighted by Crippen LogP contribution is -2.17. The molecule has 3 rings (SSSR count). The zero-order valence-corrected chi connectivity index (χ0v) is 15.6. The number of nitrogens with one attached hydrogen (secondary N) is 1. The maximum Gasteiger partial charge on any atom is 0.263 e. The molecule has 2 aromatic rings. The van der Waals surface area contributed by atoms with Gasteiger partial charge in [-0.2, -0.15) is 0 Å². The fourth-order valence-electron chi connectivity index (χ4n) is 2.31. The molecule has 0 radical (unpaired) electrons. The van der Waals surface area contributed by atoms with Crippen LogP contribution in [0.15, 0.2) is 41.3 Å². The summed E-state index contributed by atoms with van der Waals surface area (Å²) in [6.45, 7) is 0. The minimum Gasteiger partial charge on any atom is -0.496 e.